The Bertz CT molecular complexity index is 1060. The van der Waals surface area contributed by atoms with Crippen LogP contribution in [-0.4, -0.2) is 35.5 Å². The van der Waals surface area contributed by atoms with Crippen molar-refractivity contribution >= 4 is 44.9 Å². The maximum atomic E-state index is 12.5. The molecular weight excluding hydrogens is 494 g/mol. The molecule has 2 heterocycles. The number of piperidine rings is 1. The molecule has 3 N–H and O–H groups in total. The van der Waals surface area contributed by atoms with Crippen LogP contribution >= 0.6 is 27.5 Å². The molecule has 0 bridgehead atoms. The summed E-state index contributed by atoms with van der Waals surface area (Å²) in [7, 11) is 1.88. The number of carbonyl (C=O) groups is 1. The summed E-state index contributed by atoms with van der Waals surface area (Å²) < 4.78 is 8.89. The van der Waals surface area contributed by atoms with Crippen LogP contribution in [0.4, 0.5) is 16.2 Å². The Balaban J connectivity index is 1.54. The van der Waals surface area contributed by atoms with Crippen LogP contribution in [0, 0.1) is 5.92 Å². The number of nitrogens with one attached hydrogen (secondary N) is 3. The molecule has 1 aliphatic rings. The van der Waals surface area contributed by atoms with Crippen LogP contribution in [0.3, 0.4) is 0 Å². The van der Waals surface area contributed by atoms with Crippen LogP contribution < -0.4 is 20.7 Å². The standard InChI is InChI=1S/C23H25BrClN5O2/c1-30-22(20(24)13-27-30)19-12-18(29-23(31)28-17-4-2-16(25)3-5-17)6-7-21(19)32-14-15-8-10-26-11-9-15/h2-7,12-13,15,26H,8-11,14H2,1H3,(H2,28,29,31). The van der Waals surface area contributed by atoms with Gasteiger partial charge in [-0.3, -0.25) is 4.68 Å². The molecule has 0 spiro atoms. The van der Waals surface area contributed by atoms with Gasteiger partial charge in [0.15, 0.2) is 0 Å². The summed E-state index contributed by atoms with van der Waals surface area (Å²) in [4.78, 5) is 12.5. The van der Waals surface area contributed by atoms with E-state index in [1.807, 2.05) is 25.2 Å². The predicted octanol–water partition coefficient (Wildman–Crippen LogP) is 5.53. The number of nitrogens with zero attached hydrogens (tertiary/aromatic N) is 2. The SMILES string of the molecule is Cn1ncc(Br)c1-c1cc(NC(=O)Nc2ccc(Cl)cc2)ccc1OCC1CCNCC1. The van der Waals surface area contributed by atoms with Gasteiger partial charge in [0.2, 0.25) is 0 Å². The van der Waals surface area contributed by atoms with Crippen molar-refractivity contribution in [3.8, 4) is 17.0 Å². The highest BCUT2D eigenvalue weighted by atomic mass is 79.9. The van der Waals surface area contributed by atoms with Crippen molar-refractivity contribution < 1.29 is 9.53 Å². The third-order valence-corrected chi connectivity index (χ3v) is 6.25. The number of carbonyl (C=O) groups excluding carboxylic acids is 1. The molecule has 3 aromatic rings. The molecule has 1 aromatic heterocycles. The molecule has 0 radical (unpaired) electrons. The lowest BCUT2D eigenvalue weighted by molar-refractivity contribution is 0.216. The van der Waals surface area contributed by atoms with Crippen molar-refractivity contribution in [1.29, 1.82) is 0 Å². The Morgan fingerprint density at radius 2 is 1.88 bits per heavy atom. The molecule has 168 valence electrons. The first-order valence-corrected chi connectivity index (χ1v) is 11.7. The number of anilines is 2. The number of halogens is 2. The highest BCUT2D eigenvalue weighted by Gasteiger charge is 2.19. The normalized spacial score (nSPS) is 14.2. The minimum absolute atomic E-state index is 0.342. The first-order valence-electron chi connectivity index (χ1n) is 10.5. The number of amides is 2. The Morgan fingerprint density at radius 1 is 1.19 bits per heavy atom. The van der Waals surface area contributed by atoms with E-state index in [9.17, 15) is 4.79 Å². The molecular formula is C23H25BrClN5O2. The molecule has 0 aliphatic carbocycles. The van der Waals surface area contributed by atoms with Crippen molar-refractivity contribution in [2.45, 2.75) is 12.8 Å². The van der Waals surface area contributed by atoms with E-state index in [4.69, 9.17) is 16.3 Å². The number of aromatic nitrogens is 2. The van der Waals surface area contributed by atoms with Crippen molar-refractivity contribution in [3.05, 3.63) is 58.2 Å². The van der Waals surface area contributed by atoms with E-state index in [2.05, 4.69) is 37.0 Å². The zero-order valence-corrected chi connectivity index (χ0v) is 20.0. The largest absolute Gasteiger partial charge is 0.493 e. The van der Waals surface area contributed by atoms with Crippen LogP contribution in [0.1, 0.15) is 12.8 Å². The lowest BCUT2D eigenvalue weighted by Gasteiger charge is -2.23. The predicted molar refractivity (Wildman–Crippen MR) is 132 cm³/mol. The summed E-state index contributed by atoms with van der Waals surface area (Å²) in [6, 6.07) is 12.2. The second-order valence-corrected chi connectivity index (χ2v) is 9.06. The van der Waals surface area contributed by atoms with Crippen LogP contribution in [0.15, 0.2) is 53.1 Å². The first-order chi connectivity index (χ1) is 15.5. The van der Waals surface area contributed by atoms with E-state index in [0.717, 1.165) is 47.4 Å². The lowest BCUT2D eigenvalue weighted by Crippen LogP contribution is -2.30. The van der Waals surface area contributed by atoms with Crippen molar-refractivity contribution in [2.24, 2.45) is 13.0 Å². The quantitative estimate of drug-likeness (QED) is 0.401. The third kappa shape index (κ3) is 5.62. The molecule has 32 heavy (non-hydrogen) atoms. The zero-order chi connectivity index (χ0) is 22.5. The zero-order valence-electron chi connectivity index (χ0n) is 17.7. The van der Waals surface area contributed by atoms with Gasteiger partial charge in [-0.2, -0.15) is 5.10 Å². The first kappa shape index (κ1) is 22.6. The number of hydrogen-bond donors (Lipinski definition) is 3. The van der Waals surface area contributed by atoms with Crippen LogP contribution in [0.5, 0.6) is 5.75 Å². The smallest absolute Gasteiger partial charge is 0.323 e. The van der Waals surface area contributed by atoms with Crippen molar-refractivity contribution in [3.63, 3.8) is 0 Å². The fourth-order valence-electron chi connectivity index (χ4n) is 3.72. The molecule has 4 rings (SSSR count). The minimum atomic E-state index is -0.342. The number of rotatable bonds is 6. The topological polar surface area (TPSA) is 80.2 Å². The van der Waals surface area contributed by atoms with Gasteiger partial charge in [0.05, 0.1) is 23.0 Å². The monoisotopic (exact) mass is 517 g/mol. The highest BCUT2D eigenvalue weighted by molar-refractivity contribution is 9.10. The molecule has 1 fully saturated rings. The number of benzene rings is 2. The summed E-state index contributed by atoms with van der Waals surface area (Å²) >= 11 is 9.49. The number of hydrogen-bond acceptors (Lipinski definition) is 4. The van der Waals surface area contributed by atoms with Gasteiger partial charge in [-0.05, 0) is 90.2 Å². The third-order valence-electron chi connectivity index (χ3n) is 5.42. The van der Waals surface area contributed by atoms with Gasteiger partial charge in [-0.1, -0.05) is 11.6 Å². The van der Waals surface area contributed by atoms with Crippen molar-refractivity contribution in [2.75, 3.05) is 30.3 Å². The van der Waals surface area contributed by atoms with Gasteiger partial charge in [0.1, 0.15) is 5.75 Å². The molecule has 2 amide bonds. The van der Waals surface area contributed by atoms with E-state index in [1.54, 1.807) is 35.1 Å². The van der Waals surface area contributed by atoms with E-state index >= 15 is 0 Å². The van der Waals surface area contributed by atoms with Gasteiger partial charge in [0, 0.05) is 29.0 Å². The van der Waals surface area contributed by atoms with E-state index in [-0.39, 0.29) is 6.03 Å². The molecule has 7 nitrogen and oxygen atoms in total. The Kier molecular flexibility index (Phi) is 7.34. The highest BCUT2D eigenvalue weighted by Crippen LogP contribution is 2.37. The summed E-state index contributed by atoms with van der Waals surface area (Å²) in [5.74, 6) is 1.29. The molecule has 2 aromatic carbocycles. The number of aryl methyl sites for hydroxylation is 1. The molecule has 0 saturated carbocycles. The van der Waals surface area contributed by atoms with Gasteiger partial charge in [-0.15, -0.1) is 0 Å². The maximum absolute atomic E-state index is 12.5. The van der Waals surface area contributed by atoms with Gasteiger partial charge < -0.3 is 20.7 Å². The van der Waals surface area contributed by atoms with E-state index in [0.29, 0.717) is 28.9 Å². The number of urea groups is 1. The Hall–Kier alpha value is -2.55. The summed E-state index contributed by atoms with van der Waals surface area (Å²) in [6.07, 6.45) is 3.96. The van der Waals surface area contributed by atoms with E-state index in [1.165, 1.54) is 0 Å². The maximum Gasteiger partial charge on any atom is 0.323 e. The number of ether oxygens (including phenoxy) is 1. The minimum Gasteiger partial charge on any atom is -0.493 e. The molecule has 1 saturated heterocycles. The Morgan fingerprint density at radius 3 is 2.56 bits per heavy atom. The summed E-state index contributed by atoms with van der Waals surface area (Å²) in [5, 5.41) is 14.0. The summed E-state index contributed by atoms with van der Waals surface area (Å²) in [6.45, 7) is 2.72. The van der Waals surface area contributed by atoms with Crippen molar-refractivity contribution in [1.82, 2.24) is 15.1 Å². The second kappa shape index (κ2) is 10.4. The van der Waals surface area contributed by atoms with Crippen LogP contribution in [-0.2, 0) is 7.05 Å². The van der Waals surface area contributed by atoms with Gasteiger partial charge >= 0.3 is 6.03 Å². The fraction of sp³-hybridized carbons (Fsp3) is 0.304. The molecule has 0 unspecified atom stereocenters. The molecule has 0 atom stereocenters. The van der Waals surface area contributed by atoms with Crippen LogP contribution in [0.2, 0.25) is 5.02 Å². The van der Waals surface area contributed by atoms with Gasteiger partial charge in [-0.25, -0.2) is 4.79 Å². The Labute approximate surface area is 200 Å². The molecule has 1 aliphatic heterocycles. The van der Waals surface area contributed by atoms with Gasteiger partial charge in [0.25, 0.3) is 0 Å². The van der Waals surface area contributed by atoms with E-state index < -0.39 is 0 Å². The fourth-order valence-corrected chi connectivity index (χ4v) is 4.40. The second-order valence-electron chi connectivity index (χ2n) is 7.77. The average Bonchev–Trinajstić information content (AvgIpc) is 3.13. The average molecular weight is 519 g/mol. The van der Waals surface area contributed by atoms with Crippen LogP contribution in [0.25, 0.3) is 11.3 Å². The molecule has 9 heteroatoms. The summed E-state index contributed by atoms with van der Waals surface area (Å²) in [5.41, 5.74) is 3.04. The lowest BCUT2D eigenvalue weighted by atomic mass is 9.99.